The number of carbonyl (C=O) groups is 2. The number of rotatable bonds is 6. The highest BCUT2D eigenvalue weighted by atomic mass is 16.5. The molecule has 0 saturated heterocycles. The summed E-state index contributed by atoms with van der Waals surface area (Å²) in [6.45, 7) is 5.66. The summed E-state index contributed by atoms with van der Waals surface area (Å²) < 4.78 is 4.90. The Morgan fingerprint density at radius 1 is 1.41 bits per heavy atom. The molecule has 1 amide bonds. The maximum atomic E-state index is 11.7. The second-order valence-corrected chi connectivity index (χ2v) is 4.99. The molecule has 0 rings (SSSR count). The number of carboxylic acids is 1. The number of methoxy groups -OCH3 is 1. The third-order valence-corrected chi connectivity index (χ3v) is 2.53. The Morgan fingerprint density at radius 3 is 2.24 bits per heavy atom. The zero-order chi connectivity index (χ0) is 13.6. The minimum Gasteiger partial charge on any atom is -0.481 e. The van der Waals surface area contributed by atoms with Crippen molar-refractivity contribution in [1.29, 1.82) is 0 Å². The van der Waals surface area contributed by atoms with Crippen molar-refractivity contribution in [2.45, 2.75) is 39.3 Å². The summed E-state index contributed by atoms with van der Waals surface area (Å²) in [7, 11) is 1.39. The fraction of sp³-hybridized carbons (Fsp3) is 0.818. The molecule has 6 heteroatoms. The molecule has 0 aliphatic carbocycles. The molecule has 0 heterocycles. The molecule has 0 aliphatic rings. The van der Waals surface area contributed by atoms with Gasteiger partial charge in [-0.15, -0.1) is 0 Å². The van der Waals surface area contributed by atoms with E-state index in [1.165, 1.54) is 7.11 Å². The highest BCUT2D eigenvalue weighted by Crippen LogP contribution is 2.22. The molecule has 6 nitrogen and oxygen atoms in total. The molecule has 17 heavy (non-hydrogen) atoms. The van der Waals surface area contributed by atoms with E-state index >= 15 is 0 Å². The molecule has 0 aliphatic heterocycles. The number of hydrogen-bond donors (Lipinski definition) is 3. The van der Waals surface area contributed by atoms with Crippen molar-refractivity contribution in [2.24, 2.45) is 11.1 Å². The molecule has 4 N–H and O–H groups in total. The first kappa shape index (κ1) is 15.9. The summed E-state index contributed by atoms with van der Waals surface area (Å²) in [5.41, 5.74) is 5.02. The number of ether oxygens (including phenoxy) is 1. The zero-order valence-electron chi connectivity index (χ0n) is 10.8. The molecule has 0 fully saturated rings. The van der Waals surface area contributed by atoms with Gasteiger partial charge in [-0.3, -0.25) is 9.59 Å². The first-order valence-electron chi connectivity index (χ1n) is 5.47. The van der Waals surface area contributed by atoms with E-state index < -0.39 is 18.1 Å². The standard InChI is InChI=1S/C11H22N2O4/c1-11(2,3)8(5-9(14)15)13-10(16)7(6-12)17-4/h7-8H,5-6,12H2,1-4H3,(H,13,16)(H,14,15). The smallest absolute Gasteiger partial charge is 0.305 e. The first-order valence-corrected chi connectivity index (χ1v) is 5.47. The Labute approximate surface area is 102 Å². The maximum Gasteiger partial charge on any atom is 0.305 e. The van der Waals surface area contributed by atoms with Crippen LogP contribution in [0.25, 0.3) is 0 Å². The lowest BCUT2D eigenvalue weighted by atomic mass is 9.84. The van der Waals surface area contributed by atoms with Gasteiger partial charge in [-0.05, 0) is 5.41 Å². The second-order valence-electron chi connectivity index (χ2n) is 4.99. The van der Waals surface area contributed by atoms with Gasteiger partial charge in [-0.25, -0.2) is 0 Å². The van der Waals surface area contributed by atoms with Gasteiger partial charge < -0.3 is 20.9 Å². The van der Waals surface area contributed by atoms with E-state index in [9.17, 15) is 9.59 Å². The van der Waals surface area contributed by atoms with Crippen LogP contribution in [0.4, 0.5) is 0 Å². The van der Waals surface area contributed by atoms with Crippen LogP contribution in [0, 0.1) is 5.41 Å². The Balaban J connectivity index is 4.64. The number of carboxylic acid groups (broad SMARTS) is 1. The fourth-order valence-corrected chi connectivity index (χ4v) is 1.32. The Bertz CT molecular complexity index is 269. The second kappa shape index (κ2) is 6.56. The van der Waals surface area contributed by atoms with Crippen LogP contribution in [0.2, 0.25) is 0 Å². The zero-order valence-corrected chi connectivity index (χ0v) is 10.8. The molecule has 2 unspecified atom stereocenters. The van der Waals surface area contributed by atoms with Crippen LogP contribution in [0.3, 0.4) is 0 Å². The highest BCUT2D eigenvalue weighted by Gasteiger charge is 2.30. The summed E-state index contributed by atoms with van der Waals surface area (Å²) >= 11 is 0. The van der Waals surface area contributed by atoms with Gasteiger partial charge in [0.2, 0.25) is 0 Å². The van der Waals surface area contributed by atoms with E-state index in [1.54, 1.807) is 0 Å². The lowest BCUT2D eigenvalue weighted by molar-refractivity contribution is -0.139. The van der Waals surface area contributed by atoms with Gasteiger partial charge in [-0.1, -0.05) is 20.8 Å². The summed E-state index contributed by atoms with van der Waals surface area (Å²) in [6, 6.07) is -0.461. The Morgan fingerprint density at radius 2 is 1.94 bits per heavy atom. The fourth-order valence-electron chi connectivity index (χ4n) is 1.32. The summed E-state index contributed by atoms with van der Waals surface area (Å²) in [6.07, 6.45) is -0.871. The predicted octanol–water partition coefficient (Wildman–Crippen LogP) is -0.0343. The van der Waals surface area contributed by atoms with E-state index in [2.05, 4.69) is 5.32 Å². The molecular formula is C11H22N2O4. The number of carbonyl (C=O) groups excluding carboxylic acids is 1. The molecular weight excluding hydrogens is 224 g/mol. The molecule has 100 valence electrons. The SMILES string of the molecule is COC(CN)C(=O)NC(CC(=O)O)C(C)(C)C. The number of amides is 1. The maximum absolute atomic E-state index is 11.7. The van der Waals surface area contributed by atoms with Crippen LogP contribution in [0.5, 0.6) is 0 Å². The molecule has 0 spiro atoms. The van der Waals surface area contributed by atoms with E-state index in [4.69, 9.17) is 15.6 Å². The monoisotopic (exact) mass is 246 g/mol. The number of nitrogens with two attached hydrogens (primary N) is 1. The topological polar surface area (TPSA) is 102 Å². The van der Waals surface area contributed by atoms with Gasteiger partial charge in [0.1, 0.15) is 6.10 Å². The van der Waals surface area contributed by atoms with Crippen molar-refractivity contribution in [3.63, 3.8) is 0 Å². The molecule has 0 saturated carbocycles. The number of hydrogen-bond acceptors (Lipinski definition) is 4. The van der Waals surface area contributed by atoms with Gasteiger partial charge >= 0.3 is 5.97 Å². The van der Waals surface area contributed by atoms with Crippen molar-refractivity contribution in [3.05, 3.63) is 0 Å². The lowest BCUT2D eigenvalue weighted by Crippen LogP contribution is -2.50. The highest BCUT2D eigenvalue weighted by molar-refractivity contribution is 5.82. The third-order valence-electron chi connectivity index (χ3n) is 2.53. The lowest BCUT2D eigenvalue weighted by Gasteiger charge is -2.31. The average molecular weight is 246 g/mol. The van der Waals surface area contributed by atoms with Crippen LogP contribution < -0.4 is 11.1 Å². The van der Waals surface area contributed by atoms with Crippen LogP contribution in [0.1, 0.15) is 27.2 Å². The van der Waals surface area contributed by atoms with Crippen LogP contribution in [0.15, 0.2) is 0 Å². The Hall–Kier alpha value is -1.14. The Kier molecular flexibility index (Phi) is 6.12. The quantitative estimate of drug-likeness (QED) is 0.610. The van der Waals surface area contributed by atoms with Crippen LogP contribution >= 0.6 is 0 Å². The summed E-state index contributed by atoms with van der Waals surface area (Å²) in [5, 5.41) is 11.5. The van der Waals surface area contributed by atoms with Crippen molar-refractivity contribution in [3.8, 4) is 0 Å². The predicted molar refractivity (Wildman–Crippen MR) is 63.5 cm³/mol. The van der Waals surface area contributed by atoms with Crippen molar-refractivity contribution >= 4 is 11.9 Å². The molecule has 0 radical (unpaired) electrons. The van der Waals surface area contributed by atoms with Crippen molar-refractivity contribution < 1.29 is 19.4 Å². The van der Waals surface area contributed by atoms with Gasteiger partial charge in [0, 0.05) is 19.7 Å². The van der Waals surface area contributed by atoms with E-state index in [1.807, 2.05) is 20.8 Å². The van der Waals surface area contributed by atoms with Crippen LogP contribution in [-0.2, 0) is 14.3 Å². The molecule has 0 aromatic rings. The summed E-state index contributed by atoms with van der Waals surface area (Å²) in [5.74, 6) is -1.33. The van der Waals surface area contributed by atoms with E-state index in [0.717, 1.165) is 0 Å². The molecule has 2 atom stereocenters. The average Bonchev–Trinajstić information content (AvgIpc) is 2.16. The van der Waals surface area contributed by atoms with Gasteiger partial charge in [0.25, 0.3) is 5.91 Å². The minimum absolute atomic E-state index is 0.0618. The van der Waals surface area contributed by atoms with Gasteiger partial charge in [-0.2, -0.15) is 0 Å². The number of aliphatic carboxylic acids is 1. The molecule has 0 bridgehead atoms. The third kappa shape index (κ3) is 5.65. The first-order chi connectivity index (χ1) is 7.72. The van der Waals surface area contributed by atoms with E-state index in [-0.39, 0.29) is 24.3 Å². The largest absolute Gasteiger partial charge is 0.481 e. The summed E-state index contributed by atoms with van der Waals surface area (Å²) in [4.78, 5) is 22.5. The van der Waals surface area contributed by atoms with Gasteiger partial charge in [0.05, 0.1) is 6.42 Å². The van der Waals surface area contributed by atoms with Crippen molar-refractivity contribution in [2.75, 3.05) is 13.7 Å². The van der Waals surface area contributed by atoms with Crippen molar-refractivity contribution in [1.82, 2.24) is 5.32 Å². The normalized spacial score (nSPS) is 15.1. The van der Waals surface area contributed by atoms with Crippen LogP contribution in [-0.4, -0.2) is 42.8 Å². The minimum atomic E-state index is -0.952. The van der Waals surface area contributed by atoms with Gasteiger partial charge in [0.15, 0.2) is 0 Å². The van der Waals surface area contributed by atoms with E-state index in [0.29, 0.717) is 0 Å². The molecule has 0 aromatic heterocycles. The number of nitrogens with one attached hydrogen (secondary N) is 1. The molecule has 0 aromatic carbocycles.